The van der Waals surface area contributed by atoms with Crippen molar-refractivity contribution in [2.24, 2.45) is 0 Å². The number of fused-ring (bicyclic) bond motifs is 20. The molecule has 2 aliphatic rings. The first-order chi connectivity index (χ1) is 21.9. The summed E-state index contributed by atoms with van der Waals surface area (Å²) in [6.45, 7) is 7.01. The maximum atomic E-state index is 5.24. The Morgan fingerprint density at radius 1 is 0.444 bits per heavy atom. The number of H-pyrrole nitrogens is 2. The fraction of sp³-hybridized carbons (Fsp3) is 0.111. The van der Waals surface area contributed by atoms with Gasteiger partial charge in [-0.05, 0) is 0 Å². The van der Waals surface area contributed by atoms with Gasteiger partial charge in [-0.1, -0.05) is 6.07 Å². The Kier molecular flexibility index (Phi) is 5.65. The van der Waals surface area contributed by atoms with Crippen LogP contribution in [0, 0.1) is 0 Å². The molecule has 3 aromatic heterocycles. The van der Waals surface area contributed by atoms with E-state index < -0.39 is 17.1 Å². The Bertz CT molecular complexity index is 2520. The van der Waals surface area contributed by atoms with Crippen LogP contribution in [-0.2, 0) is 17.1 Å². The molecular formula is C36H26N8Zn. The molecule has 9 rings (SSSR count). The fourth-order valence-electron chi connectivity index (χ4n) is 6.48. The Morgan fingerprint density at radius 2 is 0.844 bits per heavy atom. The van der Waals surface area contributed by atoms with E-state index in [2.05, 4.69) is 85.3 Å². The van der Waals surface area contributed by atoms with Gasteiger partial charge in [-0.3, -0.25) is 0 Å². The summed E-state index contributed by atoms with van der Waals surface area (Å²) in [5.41, 5.74) is 6.66. The first-order valence-corrected chi connectivity index (χ1v) is 18.1. The van der Waals surface area contributed by atoms with Crippen molar-refractivity contribution in [2.45, 2.75) is 24.8 Å². The SMILES string of the molecule is C[C](C)(C)[Zn][c]1cccc2c3nc4nc(nc5[nH]c(nc6nc(nc([nH]3)c12)-c1ccccc1-6)c1ccccc51)-c1ccccc1-4. The Hall–Kier alpha value is -5.14. The van der Waals surface area contributed by atoms with E-state index >= 15 is 0 Å². The van der Waals surface area contributed by atoms with Gasteiger partial charge in [-0.25, -0.2) is 0 Å². The molecule has 0 aliphatic carbocycles. The van der Waals surface area contributed by atoms with Crippen molar-refractivity contribution in [1.82, 2.24) is 39.9 Å². The van der Waals surface area contributed by atoms with Crippen molar-refractivity contribution < 1.29 is 17.1 Å². The van der Waals surface area contributed by atoms with E-state index in [1.54, 1.807) is 0 Å². The molecule has 0 saturated carbocycles. The van der Waals surface area contributed by atoms with Gasteiger partial charge in [-0.15, -0.1) is 0 Å². The van der Waals surface area contributed by atoms with Crippen LogP contribution in [0.25, 0.3) is 89.7 Å². The van der Waals surface area contributed by atoms with Gasteiger partial charge >= 0.3 is 261 Å². The van der Waals surface area contributed by atoms with Gasteiger partial charge in [0, 0.05) is 0 Å². The number of aromatic amines is 2. The Labute approximate surface area is 265 Å². The van der Waals surface area contributed by atoms with Crippen LogP contribution in [0.2, 0.25) is 4.01 Å². The van der Waals surface area contributed by atoms with Crippen LogP contribution < -0.4 is 4.16 Å². The average Bonchev–Trinajstić information content (AvgIpc) is 3.76. The molecule has 0 spiro atoms. The van der Waals surface area contributed by atoms with Crippen molar-refractivity contribution in [2.75, 3.05) is 0 Å². The molecule has 8 nitrogen and oxygen atoms in total. The zero-order valence-corrected chi connectivity index (χ0v) is 28.0. The summed E-state index contributed by atoms with van der Waals surface area (Å²) in [6.07, 6.45) is 0. The molecule has 5 heterocycles. The number of hydrogen-bond acceptors (Lipinski definition) is 6. The average molecular weight is 636 g/mol. The van der Waals surface area contributed by atoms with Crippen LogP contribution in [0.1, 0.15) is 20.8 Å². The van der Waals surface area contributed by atoms with E-state index in [9.17, 15) is 0 Å². The van der Waals surface area contributed by atoms with Crippen molar-refractivity contribution in [3.05, 3.63) is 91.0 Å². The third kappa shape index (κ3) is 4.30. The zero-order chi connectivity index (χ0) is 30.3. The Morgan fingerprint density at radius 3 is 1.33 bits per heavy atom. The number of nitrogens with zero attached hydrogens (tertiary/aromatic N) is 6. The third-order valence-corrected chi connectivity index (χ3v) is 12.6. The van der Waals surface area contributed by atoms with Gasteiger partial charge < -0.3 is 0 Å². The summed E-state index contributed by atoms with van der Waals surface area (Å²) in [7, 11) is 0. The van der Waals surface area contributed by atoms with Crippen LogP contribution in [-0.4, -0.2) is 39.9 Å². The standard InChI is InChI=1S/C32H17N8.C4H9.Zn/c1-2-10-18-17(9-1)25-33-26(18)38-28-21-13-5-6-14-22(21)30(35-28)40-32-24-16-8-7-15-23(24)31(36-32)39-29-20-12-4-3-11-19(20)27(34-29)37-25;1-4(2)3;/h1-15H,(H2,33,34,35,36,37,38,39,40);1-3H3;. The van der Waals surface area contributed by atoms with Crippen LogP contribution in [0.15, 0.2) is 91.0 Å². The number of rotatable bonds is 1. The molecule has 4 aromatic carbocycles. The van der Waals surface area contributed by atoms with Gasteiger partial charge in [0.1, 0.15) is 0 Å². The van der Waals surface area contributed by atoms with E-state index in [0.29, 0.717) is 34.6 Å². The number of nitrogens with one attached hydrogen (secondary N) is 2. The summed E-state index contributed by atoms with van der Waals surface area (Å²) < 4.78 is 1.65. The summed E-state index contributed by atoms with van der Waals surface area (Å²) >= 11 is -1.21. The first-order valence-electron chi connectivity index (χ1n) is 15.1. The van der Waals surface area contributed by atoms with Gasteiger partial charge in [0.05, 0.1) is 0 Å². The fourth-order valence-corrected chi connectivity index (χ4v) is 10.5. The van der Waals surface area contributed by atoms with Crippen LogP contribution >= 0.6 is 0 Å². The molecule has 0 atom stereocenters. The number of benzene rings is 4. The Balaban J connectivity index is 1.49. The van der Waals surface area contributed by atoms with Gasteiger partial charge in [0.25, 0.3) is 0 Å². The normalized spacial score (nSPS) is 12.2. The van der Waals surface area contributed by atoms with Gasteiger partial charge in [0.2, 0.25) is 0 Å². The molecule has 2 aliphatic heterocycles. The van der Waals surface area contributed by atoms with E-state index in [-0.39, 0.29) is 4.01 Å². The van der Waals surface area contributed by atoms with Crippen LogP contribution in [0.3, 0.4) is 0 Å². The molecular weight excluding hydrogens is 610 g/mol. The van der Waals surface area contributed by atoms with E-state index in [0.717, 1.165) is 55.1 Å². The number of aromatic nitrogens is 8. The maximum absolute atomic E-state index is 5.24. The first kappa shape index (κ1) is 26.3. The molecule has 0 saturated heterocycles. The summed E-state index contributed by atoms with van der Waals surface area (Å²) in [4.78, 5) is 37.7. The second-order valence-corrected chi connectivity index (χ2v) is 19.6. The summed E-state index contributed by atoms with van der Waals surface area (Å²) in [5.74, 6) is 2.47. The van der Waals surface area contributed by atoms with E-state index in [1.807, 2.05) is 36.4 Å². The monoisotopic (exact) mass is 634 g/mol. The molecule has 45 heavy (non-hydrogen) atoms. The van der Waals surface area contributed by atoms with E-state index in [1.165, 1.54) is 4.16 Å². The molecule has 0 unspecified atom stereocenters. The quantitative estimate of drug-likeness (QED) is 0.178. The molecule has 0 amide bonds. The molecule has 0 fully saturated rings. The zero-order valence-electron chi connectivity index (χ0n) is 25.1. The molecule has 0 radical (unpaired) electrons. The summed E-state index contributed by atoms with van der Waals surface area (Å²) in [5, 5.41) is 4.09. The predicted molar refractivity (Wildman–Crippen MR) is 175 cm³/mol. The van der Waals surface area contributed by atoms with Crippen LogP contribution in [0.4, 0.5) is 0 Å². The van der Waals surface area contributed by atoms with Crippen molar-refractivity contribution in [3.8, 4) is 45.6 Å². The summed E-state index contributed by atoms with van der Waals surface area (Å²) in [6, 6.07) is 31.0. The van der Waals surface area contributed by atoms with Crippen molar-refractivity contribution in [3.63, 3.8) is 0 Å². The third-order valence-electron chi connectivity index (χ3n) is 8.39. The topological polar surface area (TPSA) is 109 Å². The molecule has 8 bridgehead atoms. The van der Waals surface area contributed by atoms with Crippen molar-refractivity contribution >= 4 is 48.3 Å². The van der Waals surface area contributed by atoms with Crippen LogP contribution in [0.5, 0.6) is 0 Å². The molecule has 9 heteroatoms. The number of hydrogen-bond donors (Lipinski definition) is 2. The van der Waals surface area contributed by atoms with Gasteiger partial charge in [-0.2, -0.15) is 0 Å². The second kappa shape index (κ2) is 9.68. The second-order valence-electron chi connectivity index (χ2n) is 12.8. The van der Waals surface area contributed by atoms with Gasteiger partial charge in [0.15, 0.2) is 0 Å². The molecule has 2 N–H and O–H groups in total. The van der Waals surface area contributed by atoms with E-state index in [4.69, 9.17) is 29.9 Å². The molecule has 7 aromatic rings. The minimum absolute atomic E-state index is 0.261. The van der Waals surface area contributed by atoms with Crippen molar-refractivity contribution in [1.29, 1.82) is 0 Å². The molecule has 212 valence electrons. The predicted octanol–water partition coefficient (Wildman–Crippen LogP) is 7.80. The minimum atomic E-state index is -1.21.